The second-order valence-corrected chi connectivity index (χ2v) is 5.53. The van der Waals surface area contributed by atoms with Crippen LogP contribution in [0.15, 0.2) is 30.6 Å². The first kappa shape index (κ1) is 15.2. The van der Waals surface area contributed by atoms with Crippen molar-refractivity contribution in [3.63, 3.8) is 0 Å². The zero-order valence-corrected chi connectivity index (χ0v) is 13.2. The van der Waals surface area contributed by atoms with Gasteiger partial charge in [0.1, 0.15) is 0 Å². The van der Waals surface area contributed by atoms with Gasteiger partial charge in [-0.2, -0.15) is 5.10 Å². The molecule has 1 amide bonds. The molecule has 0 aliphatic carbocycles. The summed E-state index contributed by atoms with van der Waals surface area (Å²) in [7, 11) is 1.80. The second-order valence-electron chi connectivity index (χ2n) is 5.53. The SMILES string of the molecule is Cc1c(C(=O)N(C)C(C)c2ccccn2)cnn1C(C)C. The molecule has 5 nitrogen and oxygen atoms in total. The van der Waals surface area contributed by atoms with Crippen molar-refractivity contribution in [2.45, 2.75) is 39.8 Å². The molecule has 0 saturated heterocycles. The highest BCUT2D eigenvalue weighted by atomic mass is 16.2. The van der Waals surface area contributed by atoms with E-state index < -0.39 is 0 Å². The zero-order valence-electron chi connectivity index (χ0n) is 13.2. The summed E-state index contributed by atoms with van der Waals surface area (Å²) in [6.45, 7) is 8.00. The van der Waals surface area contributed by atoms with Gasteiger partial charge in [-0.25, -0.2) is 0 Å². The van der Waals surface area contributed by atoms with Crippen LogP contribution in [0.1, 0.15) is 54.6 Å². The van der Waals surface area contributed by atoms with Crippen molar-refractivity contribution in [3.8, 4) is 0 Å². The van der Waals surface area contributed by atoms with Crippen molar-refractivity contribution in [3.05, 3.63) is 47.5 Å². The first-order chi connectivity index (χ1) is 9.93. The van der Waals surface area contributed by atoms with Crippen LogP contribution in [0.4, 0.5) is 0 Å². The lowest BCUT2D eigenvalue weighted by Gasteiger charge is -2.24. The van der Waals surface area contributed by atoms with E-state index in [1.54, 1.807) is 24.3 Å². The van der Waals surface area contributed by atoms with Crippen molar-refractivity contribution in [1.82, 2.24) is 19.7 Å². The highest BCUT2D eigenvalue weighted by Crippen LogP contribution is 2.21. The predicted molar refractivity (Wildman–Crippen MR) is 82.1 cm³/mol. The van der Waals surface area contributed by atoms with Crippen molar-refractivity contribution < 1.29 is 4.79 Å². The van der Waals surface area contributed by atoms with Gasteiger partial charge in [-0.1, -0.05) is 6.07 Å². The fourth-order valence-corrected chi connectivity index (χ4v) is 2.34. The molecule has 0 bridgehead atoms. The van der Waals surface area contributed by atoms with E-state index in [4.69, 9.17) is 0 Å². The minimum absolute atomic E-state index is 0.0300. The summed E-state index contributed by atoms with van der Waals surface area (Å²) in [5.41, 5.74) is 2.42. The topological polar surface area (TPSA) is 51.0 Å². The van der Waals surface area contributed by atoms with E-state index in [2.05, 4.69) is 23.9 Å². The molecule has 1 atom stereocenters. The standard InChI is InChI=1S/C16H22N4O/c1-11(2)20-12(3)14(10-18-20)16(21)19(5)13(4)15-8-6-7-9-17-15/h6-11,13H,1-5H3. The molecule has 21 heavy (non-hydrogen) atoms. The molecule has 2 rings (SSSR count). The average Bonchev–Trinajstić information content (AvgIpc) is 2.87. The largest absolute Gasteiger partial charge is 0.333 e. The molecule has 0 aromatic carbocycles. The third-order valence-corrected chi connectivity index (χ3v) is 3.78. The number of hydrogen-bond donors (Lipinski definition) is 0. The highest BCUT2D eigenvalue weighted by Gasteiger charge is 2.23. The van der Waals surface area contributed by atoms with Crippen molar-refractivity contribution in [1.29, 1.82) is 0 Å². The van der Waals surface area contributed by atoms with Gasteiger partial charge in [0.25, 0.3) is 5.91 Å². The van der Waals surface area contributed by atoms with Gasteiger partial charge < -0.3 is 4.90 Å². The van der Waals surface area contributed by atoms with E-state index in [1.807, 2.05) is 36.7 Å². The Morgan fingerprint density at radius 1 is 1.29 bits per heavy atom. The number of amides is 1. The Kier molecular flexibility index (Phi) is 4.40. The molecule has 2 heterocycles. The maximum atomic E-state index is 12.7. The Bertz CT molecular complexity index is 618. The van der Waals surface area contributed by atoms with Gasteiger partial charge in [0.15, 0.2) is 0 Å². The molecular weight excluding hydrogens is 264 g/mol. The molecule has 0 aliphatic rings. The lowest BCUT2D eigenvalue weighted by molar-refractivity contribution is 0.0739. The summed E-state index contributed by atoms with van der Waals surface area (Å²) in [6.07, 6.45) is 3.39. The molecule has 0 N–H and O–H groups in total. The third kappa shape index (κ3) is 2.96. The van der Waals surface area contributed by atoms with Crippen LogP contribution in [0.5, 0.6) is 0 Å². The second kappa shape index (κ2) is 6.08. The van der Waals surface area contributed by atoms with Crippen LogP contribution in [0, 0.1) is 6.92 Å². The molecule has 2 aromatic rings. The summed E-state index contributed by atoms with van der Waals surface area (Å²) < 4.78 is 1.87. The van der Waals surface area contributed by atoms with Gasteiger partial charge in [0, 0.05) is 25.0 Å². The minimum atomic E-state index is -0.0829. The maximum Gasteiger partial charge on any atom is 0.257 e. The molecule has 0 aliphatic heterocycles. The van der Waals surface area contributed by atoms with Crippen LogP contribution in [0.3, 0.4) is 0 Å². The summed E-state index contributed by atoms with van der Waals surface area (Å²) in [4.78, 5) is 18.7. The summed E-state index contributed by atoms with van der Waals surface area (Å²) in [5, 5.41) is 4.30. The van der Waals surface area contributed by atoms with Crippen LogP contribution < -0.4 is 0 Å². The molecule has 0 fully saturated rings. The van der Waals surface area contributed by atoms with E-state index in [0.29, 0.717) is 5.56 Å². The number of hydrogen-bond acceptors (Lipinski definition) is 3. The Labute approximate surface area is 125 Å². The fourth-order valence-electron chi connectivity index (χ4n) is 2.34. The summed E-state index contributed by atoms with van der Waals surface area (Å²) in [6, 6.07) is 5.89. The first-order valence-electron chi connectivity index (χ1n) is 7.15. The van der Waals surface area contributed by atoms with Crippen LogP contribution in [-0.4, -0.2) is 32.6 Å². The number of carbonyl (C=O) groups is 1. The molecule has 112 valence electrons. The number of carbonyl (C=O) groups excluding carboxylic acids is 1. The molecule has 5 heteroatoms. The van der Waals surface area contributed by atoms with Crippen LogP contribution in [-0.2, 0) is 0 Å². The molecular formula is C16H22N4O. The van der Waals surface area contributed by atoms with Gasteiger partial charge in [-0.15, -0.1) is 0 Å². The molecule has 0 saturated carbocycles. The van der Waals surface area contributed by atoms with Gasteiger partial charge >= 0.3 is 0 Å². The van der Waals surface area contributed by atoms with Crippen LogP contribution >= 0.6 is 0 Å². The van der Waals surface area contributed by atoms with Crippen molar-refractivity contribution in [2.24, 2.45) is 0 Å². The summed E-state index contributed by atoms with van der Waals surface area (Å²) >= 11 is 0. The number of pyridine rings is 1. The Hall–Kier alpha value is -2.17. The normalized spacial score (nSPS) is 12.5. The van der Waals surface area contributed by atoms with Gasteiger partial charge in [0.05, 0.1) is 23.5 Å². The quantitative estimate of drug-likeness (QED) is 0.868. The predicted octanol–water partition coefficient (Wildman–Crippen LogP) is 3.00. The molecule has 0 radical (unpaired) electrons. The lowest BCUT2D eigenvalue weighted by Crippen LogP contribution is -2.30. The minimum Gasteiger partial charge on any atom is -0.333 e. The number of aromatic nitrogens is 3. The van der Waals surface area contributed by atoms with E-state index >= 15 is 0 Å². The van der Waals surface area contributed by atoms with Gasteiger partial charge in [-0.3, -0.25) is 14.5 Å². The van der Waals surface area contributed by atoms with E-state index in [-0.39, 0.29) is 18.0 Å². The van der Waals surface area contributed by atoms with Gasteiger partial charge in [0.2, 0.25) is 0 Å². The van der Waals surface area contributed by atoms with Crippen LogP contribution in [0.25, 0.3) is 0 Å². The third-order valence-electron chi connectivity index (χ3n) is 3.78. The molecule has 1 unspecified atom stereocenters. The lowest BCUT2D eigenvalue weighted by atomic mass is 10.1. The highest BCUT2D eigenvalue weighted by molar-refractivity contribution is 5.95. The fraction of sp³-hybridized carbons (Fsp3) is 0.438. The van der Waals surface area contributed by atoms with E-state index in [0.717, 1.165) is 11.4 Å². The van der Waals surface area contributed by atoms with Gasteiger partial charge in [-0.05, 0) is 39.8 Å². The molecule has 2 aromatic heterocycles. The van der Waals surface area contributed by atoms with E-state index in [9.17, 15) is 4.79 Å². The maximum absolute atomic E-state index is 12.7. The monoisotopic (exact) mass is 286 g/mol. The van der Waals surface area contributed by atoms with E-state index in [1.165, 1.54) is 0 Å². The van der Waals surface area contributed by atoms with Crippen molar-refractivity contribution in [2.75, 3.05) is 7.05 Å². The Morgan fingerprint density at radius 3 is 2.52 bits per heavy atom. The van der Waals surface area contributed by atoms with Crippen LogP contribution in [0.2, 0.25) is 0 Å². The van der Waals surface area contributed by atoms with Crippen molar-refractivity contribution >= 4 is 5.91 Å². The smallest absolute Gasteiger partial charge is 0.257 e. The zero-order chi connectivity index (χ0) is 15.6. The Balaban J connectivity index is 2.24. The summed E-state index contributed by atoms with van der Waals surface area (Å²) in [5.74, 6) is -0.0300. The first-order valence-corrected chi connectivity index (χ1v) is 7.15. The number of nitrogens with zero attached hydrogens (tertiary/aromatic N) is 4. The Morgan fingerprint density at radius 2 is 2.00 bits per heavy atom. The average molecular weight is 286 g/mol. The number of rotatable bonds is 4. The molecule has 0 spiro atoms.